The van der Waals surface area contributed by atoms with Crippen molar-refractivity contribution in [2.45, 2.75) is 25.4 Å². The summed E-state index contributed by atoms with van der Waals surface area (Å²) in [5.74, 6) is -0.458. The predicted octanol–water partition coefficient (Wildman–Crippen LogP) is 3.63. The lowest BCUT2D eigenvalue weighted by Crippen LogP contribution is -2.44. The van der Waals surface area contributed by atoms with Gasteiger partial charge in [0.15, 0.2) is 11.4 Å². The molecule has 0 aliphatic carbocycles. The van der Waals surface area contributed by atoms with E-state index in [0.29, 0.717) is 0 Å². The van der Waals surface area contributed by atoms with Gasteiger partial charge in [-0.15, -0.1) is 0 Å². The Bertz CT molecular complexity index is 964. The van der Waals surface area contributed by atoms with Crippen molar-refractivity contribution in [2.24, 2.45) is 0 Å². The molecule has 6 nitrogen and oxygen atoms in total. The number of aromatic nitrogens is 2. The number of hydrogen-bond donors (Lipinski definition) is 2. The normalized spacial score (nSPS) is 15.3. The Labute approximate surface area is 174 Å². The number of amides is 1. The molecule has 1 aliphatic rings. The van der Waals surface area contributed by atoms with Crippen LogP contribution in [0.15, 0.2) is 60.8 Å². The number of para-hydroxylation sites is 1. The van der Waals surface area contributed by atoms with Gasteiger partial charge >= 0.3 is 0 Å². The van der Waals surface area contributed by atoms with Crippen molar-refractivity contribution in [1.29, 1.82) is 0 Å². The van der Waals surface area contributed by atoms with Crippen molar-refractivity contribution in [3.63, 3.8) is 0 Å². The lowest BCUT2D eigenvalue weighted by molar-refractivity contribution is 0.0901. The molecule has 7 heteroatoms. The Morgan fingerprint density at radius 3 is 2.48 bits per heavy atom. The summed E-state index contributed by atoms with van der Waals surface area (Å²) in [6, 6.07) is 17.4. The minimum Gasteiger partial charge on any atom is -0.504 e. The second-order valence-corrected chi connectivity index (χ2v) is 7.73. The number of rotatable bonds is 5. The van der Waals surface area contributed by atoms with Crippen LogP contribution in [-0.4, -0.2) is 44.8 Å². The second kappa shape index (κ2) is 8.68. The van der Waals surface area contributed by atoms with Gasteiger partial charge in [0.25, 0.3) is 5.91 Å². The molecule has 4 rings (SSSR count). The number of likely N-dealkylation sites (tertiary alicyclic amines) is 1. The van der Waals surface area contributed by atoms with Crippen LogP contribution in [0.1, 0.15) is 28.9 Å². The van der Waals surface area contributed by atoms with E-state index >= 15 is 0 Å². The lowest BCUT2D eigenvalue weighted by Gasteiger charge is -2.32. The molecule has 29 heavy (non-hydrogen) atoms. The molecule has 1 amide bonds. The second-order valence-electron chi connectivity index (χ2n) is 7.29. The molecule has 0 atom stereocenters. The summed E-state index contributed by atoms with van der Waals surface area (Å²) in [5, 5.41) is 18.2. The Morgan fingerprint density at radius 1 is 1.10 bits per heavy atom. The molecule has 2 aromatic carbocycles. The van der Waals surface area contributed by atoms with E-state index < -0.39 is 0 Å². The zero-order chi connectivity index (χ0) is 20.2. The molecule has 0 bridgehead atoms. The van der Waals surface area contributed by atoms with Crippen LogP contribution >= 0.6 is 11.6 Å². The van der Waals surface area contributed by atoms with Gasteiger partial charge in [-0.05, 0) is 42.7 Å². The maximum Gasteiger partial charge on any atom is 0.275 e. The minimum absolute atomic E-state index is 0.0532. The molecule has 0 spiro atoms. The van der Waals surface area contributed by atoms with Crippen LogP contribution in [0.3, 0.4) is 0 Å². The fraction of sp³-hybridized carbons (Fsp3) is 0.273. The predicted molar refractivity (Wildman–Crippen MR) is 112 cm³/mol. The number of benzene rings is 2. The molecule has 3 aromatic rings. The van der Waals surface area contributed by atoms with Gasteiger partial charge in [0.1, 0.15) is 0 Å². The quantitative estimate of drug-likeness (QED) is 0.673. The number of carbonyl (C=O) groups excluding carboxylic acids is 1. The number of piperidine rings is 1. The molecular weight excluding hydrogens is 388 g/mol. The molecule has 0 unspecified atom stereocenters. The summed E-state index contributed by atoms with van der Waals surface area (Å²) in [4.78, 5) is 15.0. The Morgan fingerprint density at radius 2 is 1.79 bits per heavy atom. The van der Waals surface area contributed by atoms with Crippen LogP contribution in [0.5, 0.6) is 5.75 Å². The minimum atomic E-state index is -0.340. The third kappa shape index (κ3) is 4.78. The van der Waals surface area contributed by atoms with Gasteiger partial charge in [-0.25, -0.2) is 4.68 Å². The molecule has 1 aliphatic heterocycles. The van der Waals surface area contributed by atoms with Crippen LogP contribution in [0.4, 0.5) is 0 Å². The molecule has 1 saturated heterocycles. The van der Waals surface area contributed by atoms with Gasteiger partial charge in [0.05, 0.1) is 11.9 Å². The molecule has 2 heterocycles. The van der Waals surface area contributed by atoms with E-state index in [0.717, 1.165) is 43.2 Å². The summed E-state index contributed by atoms with van der Waals surface area (Å²) in [6.45, 7) is 2.68. The standard InChI is InChI=1S/C22H23ClN4O2/c23-17-8-6-16(7-9-17)14-26-12-10-18(11-13-26)24-22(29)21-20(28)15-27(25-21)19-4-2-1-3-5-19/h1-9,15,18,28H,10-14H2,(H,24,29). The number of nitrogens with one attached hydrogen (secondary N) is 1. The monoisotopic (exact) mass is 410 g/mol. The SMILES string of the molecule is O=C(NC1CCN(Cc2ccc(Cl)cc2)CC1)c1nn(-c2ccccc2)cc1O. The smallest absolute Gasteiger partial charge is 0.275 e. The van der Waals surface area contributed by atoms with Crippen LogP contribution in [0.2, 0.25) is 5.02 Å². The summed E-state index contributed by atoms with van der Waals surface area (Å²) in [7, 11) is 0. The van der Waals surface area contributed by atoms with Crippen molar-refractivity contribution in [2.75, 3.05) is 13.1 Å². The third-order valence-corrected chi connectivity index (χ3v) is 5.42. The van der Waals surface area contributed by atoms with Gasteiger partial charge in [-0.2, -0.15) is 5.10 Å². The van der Waals surface area contributed by atoms with E-state index in [9.17, 15) is 9.90 Å². The van der Waals surface area contributed by atoms with Crippen LogP contribution in [0.25, 0.3) is 5.69 Å². The van der Waals surface area contributed by atoms with Gasteiger partial charge in [0, 0.05) is 30.7 Å². The van der Waals surface area contributed by atoms with E-state index in [1.807, 2.05) is 54.6 Å². The first-order valence-electron chi connectivity index (χ1n) is 9.70. The van der Waals surface area contributed by atoms with Crippen LogP contribution in [-0.2, 0) is 6.54 Å². The van der Waals surface area contributed by atoms with Crippen molar-refractivity contribution < 1.29 is 9.90 Å². The zero-order valence-corrected chi connectivity index (χ0v) is 16.7. The summed E-state index contributed by atoms with van der Waals surface area (Å²) >= 11 is 5.94. The molecule has 2 N–H and O–H groups in total. The highest BCUT2D eigenvalue weighted by molar-refractivity contribution is 6.30. The molecule has 150 valence electrons. The van der Waals surface area contributed by atoms with Crippen LogP contribution in [0, 0.1) is 0 Å². The summed E-state index contributed by atoms with van der Waals surface area (Å²) < 4.78 is 1.51. The highest BCUT2D eigenvalue weighted by Crippen LogP contribution is 2.20. The molecule has 0 radical (unpaired) electrons. The average molecular weight is 411 g/mol. The number of hydrogen-bond acceptors (Lipinski definition) is 4. The maximum atomic E-state index is 12.6. The largest absolute Gasteiger partial charge is 0.504 e. The summed E-state index contributed by atoms with van der Waals surface area (Å²) in [6.07, 6.45) is 3.18. The van der Waals surface area contributed by atoms with Gasteiger partial charge in [0.2, 0.25) is 0 Å². The number of halogens is 1. The van der Waals surface area contributed by atoms with E-state index in [4.69, 9.17) is 11.6 Å². The van der Waals surface area contributed by atoms with Crippen LogP contribution < -0.4 is 5.32 Å². The zero-order valence-electron chi connectivity index (χ0n) is 16.0. The van der Waals surface area contributed by atoms with E-state index in [-0.39, 0.29) is 23.4 Å². The van der Waals surface area contributed by atoms with Crippen molar-refractivity contribution in [3.8, 4) is 11.4 Å². The highest BCUT2D eigenvalue weighted by atomic mass is 35.5. The summed E-state index contributed by atoms with van der Waals surface area (Å²) in [5.41, 5.74) is 2.07. The first-order valence-corrected chi connectivity index (χ1v) is 10.1. The van der Waals surface area contributed by atoms with Gasteiger partial charge < -0.3 is 10.4 Å². The Balaban J connectivity index is 1.32. The molecule has 1 aromatic heterocycles. The van der Waals surface area contributed by atoms with Crippen molar-refractivity contribution >= 4 is 17.5 Å². The fourth-order valence-corrected chi connectivity index (χ4v) is 3.70. The first-order chi connectivity index (χ1) is 14.1. The number of carbonyl (C=O) groups is 1. The van der Waals surface area contributed by atoms with Gasteiger partial charge in [-0.1, -0.05) is 41.9 Å². The lowest BCUT2D eigenvalue weighted by atomic mass is 10.0. The molecule has 0 saturated carbocycles. The molecule has 1 fully saturated rings. The Kier molecular flexibility index (Phi) is 5.83. The topological polar surface area (TPSA) is 70.4 Å². The first kappa shape index (κ1) is 19.5. The third-order valence-electron chi connectivity index (χ3n) is 5.17. The number of aromatic hydroxyl groups is 1. The Hall–Kier alpha value is -2.83. The highest BCUT2D eigenvalue weighted by Gasteiger charge is 2.24. The average Bonchev–Trinajstić information content (AvgIpc) is 3.14. The van der Waals surface area contributed by atoms with Crippen molar-refractivity contribution in [3.05, 3.63) is 77.1 Å². The van der Waals surface area contributed by atoms with E-state index in [1.54, 1.807) is 0 Å². The van der Waals surface area contributed by atoms with Crippen molar-refractivity contribution in [1.82, 2.24) is 20.0 Å². The number of nitrogens with zero attached hydrogens (tertiary/aromatic N) is 3. The van der Waals surface area contributed by atoms with E-state index in [2.05, 4.69) is 15.3 Å². The fourth-order valence-electron chi connectivity index (χ4n) is 3.58. The molecular formula is C22H23ClN4O2. The van der Waals surface area contributed by atoms with E-state index in [1.165, 1.54) is 16.4 Å². The maximum absolute atomic E-state index is 12.6. The van der Waals surface area contributed by atoms with Gasteiger partial charge in [-0.3, -0.25) is 9.69 Å².